The highest BCUT2D eigenvalue weighted by atomic mass is 16.1. The van der Waals surface area contributed by atoms with Crippen LogP contribution in [0.25, 0.3) is 5.70 Å². The largest absolute Gasteiger partial charge is 0.269 e. The van der Waals surface area contributed by atoms with E-state index in [9.17, 15) is 9.59 Å². The van der Waals surface area contributed by atoms with Gasteiger partial charge < -0.3 is 0 Å². The Hall–Kier alpha value is -2.87. The summed E-state index contributed by atoms with van der Waals surface area (Å²) in [5.41, 5.74) is 2.20. The zero-order valence-electron chi connectivity index (χ0n) is 12.4. The van der Waals surface area contributed by atoms with Gasteiger partial charge in [-0.2, -0.15) is 5.26 Å². The molecule has 22 heavy (non-hydrogen) atoms. The van der Waals surface area contributed by atoms with E-state index < -0.39 is 0 Å². The number of benzene rings is 1. The predicted octanol–water partition coefficient (Wildman–Crippen LogP) is 1.88. The Morgan fingerprint density at radius 2 is 2.00 bits per heavy atom. The fourth-order valence-electron chi connectivity index (χ4n) is 2.82. The predicted molar refractivity (Wildman–Crippen MR) is 83.3 cm³/mol. The monoisotopic (exact) mass is 293 g/mol. The molecule has 1 N–H and O–H groups in total. The van der Waals surface area contributed by atoms with E-state index in [1.165, 1.54) is 16.8 Å². The molecule has 0 radical (unpaired) electrons. The molecule has 3 rings (SSSR count). The number of rotatable bonds is 1. The molecule has 0 amide bonds. The molecule has 0 saturated carbocycles. The van der Waals surface area contributed by atoms with E-state index >= 15 is 0 Å². The van der Waals surface area contributed by atoms with Crippen molar-refractivity contribution in [3.05, 3.63) is 73.8 Å². The Morgan fingerprint density at radius 1 is 1.23 bits per heavy atom. The van der Waals surface area contributed by atoms with E-state index in [4.69, 9.17) is 5.26 Å². The molecule has 0 spiro atoms. The molecular formula is C17H15N3O2. The molecule has 1 heterocycles. The molecule has 2 aromatic rings. The number of aromatic amines is 1. The lowest BCUT2D eigenvalue weighted by Gasteiger charge is -2.30. The van der Waals surface area contributed by atoms with Gasteiger partial charge in [0.15, 0.2) is 0 Å². The van der Waals surface area contributed by atoms with Gasteiger partial charge in [0.2, 0.25) is 0 Å². The molecule has 0 bridgehead atoms. The molecule has 110 valence electrons. The molecule has 0 fully saturated rings. The van der Waals surface area contributed by atoms with Crippen LogP contribution in [0.3, 0.4) is 0 Å². The summed E-state index contributed by atoms with van der Waals surface area (Å²) in [4.78, 5) is 23.7. The van der Waals surface area contributed by atoms with Gasteiger partial charge in [0.25, 0.3) is 11.1 Å². The number of fused-ring (bicyclic) bond motifs is 1. The van der Waals surface area contributed by atoms with Gasteiger partial charge in [0, 0.05) is 17.7 Å². The lowest BCUT2D eigenvalue weighted by Crippen LogP contribution is -2.31. The molecule has 5 heteroatoms. The molecule has 0 saturated heterocycles. The molecule has 1 aromatic heterocycles. The highest BCUT2D eigenvalue weighted by Crippen LogP contribution is 2.36. The highest BCUT2D eigenvalue weighted by Gasteiger charge is 2.27. The minimum absolute atomic E-state index is 0.150. The Morgan fingerprint density at radius 3 is 2.73 bits per heavy atom. The van der Waals surface area contributed by atoms with Gasteiger partial charge in [-0.3, -0.25) is 14.7 Å². The summed E-state index contributed by atoms with van der Waals surface area (Å²) < 4.78 is 1.25. The van der Waals surface area contributed by atoms with Crippen molar-refractivity contribution in [1.29, 1.82) is 5.26 Å². The third kappa shape index (κ3) is 2.40. The van der Waals surface area contributed by atoms with E-state index in [-0.39, 0.29) is 16.5 Å². The second kappa shape index (κ2) is 4.85. The van der Waals surface area contributed by atoms with Gasteiger partial charge in [0.1, 0.15) is 0 Å². The summed E-state index contributed by atoms with van der Waals surface area (Å²) in [6.07, 6.45) is 2.77. The Labute approximate surface area is 127 Å². The van der Waals surface area contributed by atoms with Gasteiger partial charge in [-0.25, -0.2) is 4.68 Å². The third-order valence-corrected chi connectivity index (χ3v) is 3.75. The number of hydrogen-bond donors (Lipinski definition) is 1. The van der Waals surface area contributed by atoms with Gasteiger partial charge in [0.05, 0.1) is 17.3 Å². The average molecular weight is 293 g/mol. The molecule has 0 aliphatic heterocycles. The van der Waals surface area contributed by atoms with Crippen molar-refractivity contribution in [3.63, 3.8) is 0 Å². The first-order valence-corrected chi connectivity index (χ1v) is 6.99. The molecule has 1 aliphatic carbocycles. The summed E-state index contributed by atoms with van der Waals surface area (Å²) in [5, 5.41) is 11.7. The van der Waals surface area contributed by atoms with Crippen molar-refractivity contribution < 1.29 is 0 Å². The van der Waals surface area contributed by atoms with Gasteiger partial charge in [-0.1, -0.05) is 26.0 Å². The summed E-state index contributed by atoms with van der Waals surface area (Å²) in [5.74, 6) is 0. The van der Waals surface area contributed by atoms with E-state index in [1.54, 1.807) is 12.1 Å². The lowest BCUT2D eigenvalue weighted by molar-refractivity contribution is 0.468. The van der Waals surface area contributed by atoms with Crippen LogP contribution in [0.1, 0.15) is 30.5 Å². The molecule has 1 aliphatic rings. The molecule has 0 atom stereocenters. The van der Waals surface area contributed by atoms with Crippen LogP contribution in [0.4, 0.5) is 0 Å². The normalized spacial score (nSPS) is 15.6. The number of nitrogens with zero attached hydrogens (tertiary/aromatic N) is 2. The topological polar surface area (TPSA) is 78.7 Å². The zero-order chi connectivity index (χ0) is 15.9. The number of nitrogens with one attached hydrogen (secondary N) is 1. The van der Waals surface area contributed by atoms with Crippen LogP contribution in [0.5, 0.6) is 0 Å². The first-order valence-electron chi connectivity index (χ1n) is 6.99. The summed E-state index contributed by atoms with van der Waals surface area (Å²) in [6.45, 7) is 4.14. The van der Waals surface area contributed by atoms with Crippen LogP contribution in [0, 0.1) is 16.7 Å². The maximum Gasteiger partial charge on any atom is 0.269 e. The van der Waals surface area contributed by atoms with Crippen molar-refractivity contribution >= 4 is 5.70 Å². The Bertz CT molecular complexity index is 939. The maximum absolute atomic E-state index is 12.1. The second-order valence-electron chi connectivity index (χ2n) is 6.16. The molecule has 1 aromatic carbocycles. The molecule has 0 unspecified atom stereocenters. The quantitative estimate of drug-likeness (QED) is 0.872. The number of aromatic nitrogens is 2. The number of hydrogen-bond acceptors (Lipinski definition) is 3. The van der Waals surface area contributed by atoms with Gasteiger partial charge in [-0.05, 0) is 29.5 Å². The van der Waals surface area contributed by atoms with E-state index in [2.05, 4.69) is 25.0 Å². The first-order chi connectivity index (χ1) is 10.4. The number of allylic oxidation sites excluding steroid dienone is 1. The van der Waals surface area contributed by atoms with Crippen LogP contribution < -0.4 is 11.1 Å². The zero-order valence-corrected chi connectivity index (χ0v) is 12.4. The fraction of sp³-hybridized carbons (Fsp3) is 0.235. The lowest BCUT2D eigenvalue weighted by atomic mass is 9.77. The van der Waals surface area contributed by atoms with Crippen LogP contribution in [0.2, 0.25) is 0 Å². The fourth-order valence-corrected chi connectivity index (χ4v) is 2.82. The first kappa shape index (κ1) is 14.1. The van der Waals surface area contributed by atoms with Crippen molar-refractivity contribution in [3.8, 4) is 6.07 Å². The number of H-pyrrole nitrogens is 1. The van der Waals surface area contributed by atoms with Crippen molar-refractivity contribution in [2.24, 2.45) is 5.41 Å². The smallest absolute Gasteiger partial charge is 0.268 e. The molecular weight excluding hydrogens is 278 g/mol. The average Bonchev–Trinajstić information content (AvgIpc) is 2.47. The summed E-state index contributed by atoms with van der Waals surface area (Å²) in [6, 6.07) is 10.0. The van der Waals surface area contributed by atoms with E-state index in [1.807, 2.05) is 12.1 Å². The van der Waals surface area contributed by atoms with Crippen LogP contribution in [-0.4, -0.2) is 9.78 Å². The minimum atomic E-state index is -0.345. The van der Waals surface area contributed by atoms with Crippen LogP contribution in [-0.2, 0) is 6.42 Å². The van der Waals surface area contributed by atoms with Crippen molar-refractivity contribution in [2.45, 2.75) is 20.3 Å². The second-order valence-corrected chi connectivity index (χ2v) is 6.16. The van der Waals surface area contributed by atoms with Crippen molar-refractivity contribution in [2.75, 3.05) is 0 Å². The van der Waals surface area contributed by atoms with Crippen LogP contribution in [0.15, 0.2) is 46.0 Å². The molecule has 5 nitrogen and oxygen atoms in total. The Balaban J connectivity index is 2.32. The minimum Gasteiger partial charge on any atom is -0.268 e. The summed E-state index contributed by atoms with van der Waals surface area (Å²) in [7, 11) is 0. The van der Waals surface area contributed by atoms with E-state index in [0.29, 0.717) is 11.3 Å². The SMILES string of the molecule is CC1(C)C=C(n2[nH]c(=O)ccc2=O)c2cc(C#N)ccc2C1. The highest BCUT2D eigenvalue weighted by molar-refractivity contribution is 5.72. The third-order valence-electron chi connectivity index (χ3n) is 3.75. The van der Waals surface area contributed by atoms with Crippen molar-refractivity contribution in [1.82, 2.24) is 9.78 Å². The van der Waals surface area contributed by atoms with Crippen LogP contribution >= 0.6 is 0 Å². The van der Waals surface area contributed by atoms with Gasteiger partial charge >= 0.3 is 0 Å². The maximum atomic E-state index is 12.1. The van der Waals surface area contributed by atoms with E-state index in [0.717, 1.165) is 17.5 Å². The van der Waals surface area contributed by atoms with Gasteiger partial charge in [-0.15, -0.1) is 0 Å². The number of nitriles is 1. The Kier molecular flexibility index (Phi) is 3.10. The standard InChI is InChI=1S/C17H15N3O2/c1-17(2)8-12-4-3-11(10-18)7-13(12)14(9-17)20-16(22)6-5-15(21)19-20/h3-7,9H,8H2,1-2H3,(H,19,21). The summed E-state index contributed by atoms with van der Waals surface area (Å²) >= 11 is 0.